The van der Waals surface area contributed by atoms with E-state index in [0.717, 1.165) is 0 Å². The Balaban J connectivity index is 2.31. The number of hydrogen-bond acceptors (Lipinski definition) is 3. The second-order valence-corrected chi connectivity index (χ2v) is 4.78. The van der Waals surface area contributed by atoms with Crippen molar-refractivity contribution in [3.05, 3.63) is 52.9 Å². The van der Waals surface area contributed by atoms with Crippen molar-refractivity contribution in [3.63, 3.8) is 0 Å². The van der Waals surface area contributed by atoms with Crippen molar-refractivity contribution in [2.45, 2.75) is 0 Å². The molecular weight excluding hydrogens is 281 g/mol. The van der Waals surface area contributed by atoms with E-state index in [4.69, 9.17) is 11.6 Å². The predicted octanol–water partition coefficient (Wildman–Crippen LogP) is 3.19. The van der Waals surface area contributed by atoms with Crippen molar-refractivity contribution < 1.29 is 9.18 Å². The fourth-order valence-electron chi connectivity index (χ4n) is 1.71. The van der Waals surface area contributed by atoms with E-state index in [1.54, 1.807) is 37.3 Å². The Labute approximate surface area is 121 Å². The number of carbonyl (C=O) groups excluding carboxylic acids is 1. The van der Waals surface area contributed by atoms with Gasteiger partial charge in [0.25, 0.3) is 5.91 Å². The van der Waals surface area contributed by atoms with Crippen LogP contribution in [0.5, 0.6) is 0 Å². The SMILES string of the molecule is CN(C)c1ncccc1C(=O)Nc1cc(Cl)ccc1F. The van der Waals surface area contributed by atoms with Crippen molar-refractivity contribution in [2.24, 2.45) is 0 Å². The molecule has 1 N–H and O–H groups in total. The molecule has 6 heteroatoms. The Hall–Kier alpha value is -2.14. The number of aromatic nitrogens is 1. The lowest BCUT2D eigenvalue weighted by Gasteiger charge is -2.15. The molecule has 0 radical (unpaired) electrons. The molecule has 0 saturated carbocycles. The number of pyridine rings is 1. The summed E-state index contributed by atoms with van der Waals surface area (Å²) in [6.07, 6.45) is 1.59. The summed E-state index contributed by atoms with van der Waals surface area (Å²) in [5, 5.41) is 2.85. The number of benzene rings is 1. The molecule has 0 unspecified atom stereocenters. The minimum atomic E-state index is -0.543. The molecule has 0 aliphatic heterocycles. The molecule has 2 rings (SSSR count). The first-order chi connectivity index (χ1) is 9.49. The van der Waals surface area contributed by atoms with Crippen LogP contribution >= 0.6 is 11.6 Å². The van der Waals surface area contributed by atoms with Gasteiger partial charge in [-0.3, -0.25) is 4.79 Å². The van der Waals surface area contributed by atoms with Gasteiger partial charge in [0.1, 0.15) is 11.6 Å². The molecule has 4 nitrogen and oxygen atoms in total. The summed E-state index contributed by atoms with van der Waals surface area (Å²) in [4.78, 5) is 18.1. The van der Waals surface area contributed by atoms with Gasteiger partial charge in [0.2, 0.25) is 0 Å². The maximum Gasteiger partial charge on any atom is 0.259 e. The highest BCUT2D eigenvalue weighted by atomic mass is 35.5. The highest BCUT2D eigenvalue weighted by molar-refractivity contribution is 6.31. The average Bonchev–Trinajstić information content (AvgIpc) is 2.42. The van der Waals surface area contributed by atoms with Gasteiger partial charge >= 0.3 is 0 Å². The lowest BCUT2D eigenvalue weighted by atomic mass is 10.2. The fourth-order valence-corrected chi connectivity index (χ4v) is 1.89. The summed E-state index contributed by atoms with van der Waals surface area (Å²) < 4.78 is 13.6. The standard InChI is InChI=1S/C14H13ClFN3O/c1-19(2)13-10(4-3-7-17-13)14(20)18-12-8-9(15)5-6-11(12)16/h3-8H,1-2H3,(H,18,20). The third-order valence-corrected chi connectivity index (χ3v) is 2.87. The molecule has 2 aromatic rings. The minimum Gasteiger partial charge on any atom is -0.362 e. The van der Waals surface area contributed by atoms with E-state index >= 15 is 0 Å². The molecule has 1 aromatic heterocycles. The van der Waals surface area contributed by atoms with E-state index in [9.17, 15) is 9.18 Å². The summed E-state index contributed by atoms with van der Waals surface area (Å²) in [7, 11) is 3.55. The minimum absolute atomic E-state index is 0.0380. The molecule has 0 aliphatic carbocycles. The maximum absolute atomic E-state index is 13.6. The smallest absolute Gasteiger partial charge is 0.259 e. The van der Waals surface area contributed by atoms with Crippen LogP contribution in [0.4, 0.5) is 15.9 Å². The highest BCUT2D eigenvalue weighted by Crippen LogP contribution is 2.22. The van der Waals surface area contributed by atoms with Gasteiger partial charge in [0.05, 0.1) is 11.3 Å². The lowest BCUT2D eigenvalue weighted by molar-refractivity contribution is 0.102. The van der Waals surface area contributed by atoms with E-state index in [-0.39, 0.29) is 5.69 Å². The van der Waals surface area contributed by atoms with Crippen LogP contribution in [0.25, 0.3) is 0 Å². The zero-order chi connectivity index (χ0) is 14.7. The van der Waals surface area contributed by atoms with Crippen LogP contribution < -0.4 is 10.2 Å². The zero-order valence-electron chi connectivity index (χ0n) is 11.0. The van der Waals surface area contributed by atoms with Gasteiger partial charge < -0.3 is 10.2 Å². The van der Waals surface area contributed by atoms with Crippen LogP contribution in [0.15, 0.2) is 36.5 Å². The normalized spacial score (nSPS) is 10.2. The largest absolute Gasteiger partial charge is 0.362 e. The number of hydrogen-bond donors (Lipinski definition) is 1. The Kier molecular flexibility index (Phi) is 4.20. The number of rotatable bonds is 3. The van der Waals surface area contributed by atoms with Crippen molar-refractivity contribution in [1.29, 1.82) is 0 Å². The summed E-state index contributed by atoms with van der Waals surface area (Å²) in [6, 6.07) is 7.26. The first-order valence-electron chi connectivity index (χ1n) is 5.88. The van der Waals surface area contributed by atoms with E-state index in [0.29, 0.717) is 16.4 Å². The third-order valence-electron chi connectivity index (χ3n) is 2.63. The maximum atomic E-state index is 13.6. The second kappa shape index (κ2) is 5.88. The number of nitrogens with one attached hydrogen (secondary N) is 1. The number of carbonyl (C=O) groups is 1. The average molecular weight is 294 g/mol. The first kappa shape index (κ1) is 14.3. The van der Waals surface area contributed by atoms with Crippen molar-refractivity contribution >= 4 is 29.0 Å². The number of nitrogens with zero attached hydrogens (tertiary/aromatic N) is 2. The summed E-state index contributed by atoms with van der Waals surface area (Å²) in [6.45, 7) is 0. The van der Waals surface area contributed by atoms with Gasteiger partial charge in [-0.1, -0.05) is 11.6 Å². The summed E-state index contributed by atoms with van der Waals surface area (Å²) in [5.41, 5.74) is 0.396. The molecule has 20 heavy (non-hydrogen) atoms. The van der Waals surface area contributed by atoms with E-state index in [1.807, 2.05) is 0 Å². The first-order valence-corrected chi connectivity index (χ1v) is 6.25. The van der Waals surface area contributed by atoms with E-state index in [2.05, 4.69) is 10.3 Å². The second-order valence-electron chi connectivity index (χ2n) is 4.35. The van der Waals surface area contributed by atoms with Crippen LogP contribution in [0.2, 0.25) is 5.02 Å². The highest BCUT2D eigenvalue weighted by Gasteiger charge is 2.15. The molecule has 104 valence electrons. The van der Waals surface area contributed by atoms with Crippen LogP contribution in [-0.4, -0.2) is 25.0 Å². The summed E-state index contributed by atoms with van der Waals surface area (Å²) >= 11 is 5.79. The van der Waals surface area contributed by atoms with Crippen LogP contribution in [0, 0.1) is 5.82 Å². The van der Waals surface area contributed by atoms with Crippen molar-refractivity contribution in [1.82, 2.24) is 4.98 Å². The van der Waals surface area contributed by atoms with Crippen molar-refractivity contribution in [2.75, 3.05) is 24.3 Å². The van der Waals surface area contributed by atoms with Crippen molar-refractivity contribution in [3.8, 4) is 0 Å². The van der Waals surface area contributed by atoms with Gasteiger partial charge in [0.15, 0.2) is 0 Å². The van der Waals surface area contributed by atoms with Gasteiger partial charge in [-0.25, -0.2) is 9.37 Å². The Morgan fingerprint density at radius 3 is 2.80 bits per heavy atom. The number of amides is 1. The molecule has 0 atom stereocenters. The molecule has 1 heterocycles. The quantitative estimate of drug-likeness (QED) is 0.945. The van der Waals surface area contributed by atoms with Gasteiger partial charge in [-0.05, 0) is 30.3 Å². The fraction of sp³-hybridized carbons (Fsp3) is 0.143. The van der Waals surface area contributed by atoms with Crippen LogP contribution in [0.3, 0.4) is 0 Å². The Morgan fingerprint density at radius 2 is 2.10 bits per heavy atom. The Morgan fingerprint density at radius 1 is 1.35 bits per heavy atom. The predicted molar refractivity (Wildman–Crippen MR) is 77.9 cm³/mol. The third kappa shape index (κ3) is 3.05. The molecule has 0 saturated heterocycles. The molecule has 0 aliphatic rings. The molecule has 1 amide bonds. The lowest BCUT2D eigenvalue weighted by Crippen LogP contribution is -2.20. The topological polar surface area (TPSA) is 45.2 Å². The summed E-state index contributed by atoms with van der Waals surface area (Å²) in [5.74, 6) is -0.478. The zero-order valence-corrected chi connectivity index (χ0v) is 11.8. The Bertz CT molecular complexity index is 646. The molecule has 0 fully saturated rings. The van der Waals surface area contributed by atoms with Gasteiger partial charge in [-0.2, -0.15) is 0 Å². The molecule has 1 aromatic carbocycles. The van der Waals surface area contributed by atoms with Crippen LogP contribution in [-0.2, 0) is 0 Å². The molecular formula is C14H13ClFN3O. The molecule has 0 spiro atoms. The number of halogens is 2. The van der Waals surface area contributed by atoms with Crippen LogP contribution in [0.1, 0.15) is 10.4 Å². The number of anilines is 2. The molecule has 0 bridgehead atoms. The monoisotopic (exact) mass is 293 g/mol. The van der Waals surface area contributed by atoms with E-state index < -0.39 is 11.7 Å². The van der Waals surface area contributed by atoms with Gasteiger partial charge in [0, 0.05) is 25.3 Å². The van der Waals surface area contributed by atoms with Gasteiger partial charge in [-0.15, -0.1) is 0 Å². The van der Waals surface area contributed by atoms with E-state index in [1.165, 1.54) is 18.2 Å².